The lowest BCUT2D eigenvalue weighted by Gasteiger charge is -2.11. The highest BCUT2D eigenvalue weighted by Gasteiger charge is 2.22. The summed E-state index contributed by atoms with van der Waals surface area (Å²) in [5, 5.41) is 6.59. The fourth-order valence-corrected chi connectivity index (χ4v) is 2.80. The molecule has 23 heavy (non-hydrogen) atoms. The highest BCUT2D eigenvalue weighted by Crippen LogP contribution is 2.23. The number of carbonyl (C=O) groups excluding carboxylic acids is 1. The van der Waals surface area contributed by atoms with Crippen LogP contribution in [0.2, 0.25) is 5.02 Å². The Hall–Kier alpha value is -2.33. The van der Waals surface area contributed by atoms with Crippen LogP contribution in [0.1, 0.15) is 24.0 Å². The van der Waals surface area contributed by atoms with E-state index in [0.29, 0.717) is 30.1 Å². The van der Waals surface area contributed by atoms with E-state index in [1.807, 2.05) is 30.3 Å². The number of rotatable bonds is 4. The fourth-order valence-electron chi connectivity index (χ4n) is 2.63. The summed E-state index contributed by atoms with van der Waals surface area (Å²) in [5.74, 6) is 0.0319. The molecule has 1 aliphatic rings. The summed E-state index contributed by atoms with van der Waals surface area (Å²) in [6.07, 6.45) is 1.87. The third-order valence-electron chi connectivity index (χ3n) is 3.89. The van der Waals surface area contributed by atoms with Crippen LogP contribution in [0.15, 0.2) is 53.6 Å². The molecule has 0 atom stereocenters. The fraction of sp³-hybridized carbons (Fsp3) is 0.222. The third kappa shape index (κ3) is 3.71. The van der Waals surface area contributed by atoms with Crippen molar-refractivity contribution in [3.05, 3.63) is 64.7 Å². The molecule has 0 fully saturated rings. The van der Waals surface area contributed by atoms with Crippen LogP contribution in [0.5, 0.6) is 0 Å². The second-order valence-electron chi connectivity index (χ2n) is 5.53. The molecule has 0 bridgehead atoms. The summed E-state index contributed by atoms with van der Waals surface area (Å²) in [6.45, 7) is 0.592. The minimum Gasteiger partial charge on any atom is -0.398 e. The second-order valence-corrected chi connectivity index (χ2v) is 5.97. The first-order valence-electron chi connectivity index (χ1n) is 7.60. The van der Waals surface area contributed by atoms with Crippen LogP contribution in [0.25, 0.3) is 0 Å². The van der Waals surface area contributed by atoms with E-state index in [0.717, 1.165) is 23.3 Å². The molecule has 2 N–H and O–H groups in total. The van der Waals surface area contributed by atoms with Gasteiger partial charge in [-0.3, -0.25) is 4.79 Å². The van der Waals surface area contributed by atoms with Crippen molar-refractivity contribution < 1.29 is 4.79 Å². The molecule has 0 saturated heterocycles. The highest BCUT2D eigenvalue weighted by atomic mass is 35.5. The van der Waals surface area contributed by atoms with Gasteiger partial charge in [0.2, 0.25) is 5.91 Å². The smallest absolute Gasteiger partial charge is 0.243 e. The number of nitrogens with zero attached hydrogens (tertiary/aromatic N) is 2. The molecule has 1 heterocycles. The van der Waals surface area contributed by atoms with Gasteiger partial charge in [0, 0.05) is 29.1 Å². The SMILES string of the molecule is Nc1ccc(Cl)cc1C1=NN(C(=O)CCc2ccccc2)CC1. The van der Waals surface area contributed by atoms with Gasteiger partial charge in [-0.25, -0.2) is 5.01 Å². The summed E-state index contributed by atoms with van der Waals surface area (Å²) in [5.41, 5.74) is 9.40. The first kappa shape index (κ1) is 15.6. The largest absolute Gasteiger partial charge is 0.398 e. The lowest BCUT2D eigenvalue weighted by atomic mass is 10.1. The number of halogens is 1. The topological polar surface area (TPSA) is 58.7 Å². The van der Waals surface area contributed by atoms with Crippen molar-refractivity contribution in [3.8, 4) is 0 Å². The van der Waals surface area contributed by atoms with Crippen LogP contribution >= 0.6 is 11.6 Å². The Bertz CT molecular complexity index is 743. The molecule has 2 aromatic carbocycles. The summed E-state index contributed by atoms with van der Waals surface area (Å²) in [4.78, 5) is 12.3. The average Bonchev–Trinajstić information content (AvgIpc) is 3.06. The molecule has 0 radical (unpaired) electrons. The number of nitrogens with two attached hydrogens (primary N) is 1. The first-order chi connectivity index (χ1) is 11.1. The van der Waals surface area contributed by atoms with Crippen LogP contribution in [0.4, 0.5) is 5.69 Å². The number of hydrazone groups is 1. The quantitative estimate of drug-likeness (QED) is 0.874. The zero-order chi connectivity index (χ0) is 16.2. The maximum Gasteiger partial charge on any atom is 0.243 e. The number of anilines is 1. The van der Waals surface area contributed by atoms with E-state index in [1.165, 1.54) is 0 Å². The van der Waals surface area contributed by atoms with Crippen molar-refractivity contribution in [2.75, 3.05) is 12.3 Å². The Kier molecular flexibility index (Phi) is 4.63. The van der Waals surface area contributed by atoms with E-state index < -0.39 is 0 Å². The molecule has 4 nitrogen and oxygen atoms in total. The number of benzene rings is 2. The lowest BCUT2D eigenvalue weighted by Crippen LogP contribution is -2.23. The van der Waals surface area contributed by atoms with Gasteiger partial charge in [0.05, 0.1) is 12.3 Å². The van der Waals surface area contributed by atoms with Gasteiger partial charge >= 0.3 is 0 Å². The van der Waals surface area contributed by atoms with Crippen molar-refractivity contribution in [1.82, 2.24) is 5.01 Å². The van der Waals surface area contributed by atoms with Gasteiger partial charge in [-0.05, 0) is 30.2 Å². The Labute approximate surface area is 140 Å². The number of hydrogen-bond donors (Lipinski definition) is 1. The number of hydrogen-bond acceptors (Lipinski definition) is 3. The highest BCUT2D eigenvalue weighted by molar-refractivity contribution is 6.31. The molecule has 1 aliphatic heterocycles. The molecule has 0 aromatic heterocycles. The number of amides is 1. The lowest BCUT2D eigenvalue weighted by molar-refractivity contribution is -0.130. The number of carbonyl (C=O) groups is 1. The molecular weight excluding hydrogens is 310 g/mol. The third-order valence-corrected chi connectivity index (χ3v) is 4.12. The van der Waals surface area contributed by atoms with E-state index in [4.69, 9.17) is 17.3 Å². The summed E-state index contributed by atoms with van der Waals surface area (Å²) in [7, 11) is 0. The van der Waals surface area contributed by atoms with Crippen LogP contribution in [-0.4, -0.2) is 23.2 Å². The van der Waals surface area contributed by atoms with Crippen LogP contribution in [-0.2, 0) is 11.2 Å². The molecule has 3 rings (SSSR count). The second kappa shape index (κ2) is 6.84. The van der Waals surface area contributed by atoms with Crippen LogP contribution in [0, 0.1) is 0 Å². The molecule has 0 spiro atoms. The molecule has 5 heteroatoms. The summed E-state index contributed by atoms with van der Waals surface area (Å²) < 4.78 is 0. The van der Waals surface area contributed by atoms with Gasteiger partial charge in [-0.1, -0.05) is 41.9 Å². The van der Waals surface area contributed by atoms with Gasteiger partial charge in [-0.15, -0.1) is 0 Å². The van der Waals surface area contributed by atoms with E-state index in [9.17, 15) is 4.79 Å². The van der Waals surface area contributed by atoms with E-state index in [1.54, 1.807) is 23.2 Å². The summed E-state index contributed by atoms with van der Waals surface area (Å²) in [6, 6.07) is 15.3. The first-order valence-corrected chi connectivity index (χ1v) is 7.98. The Morgan fingerprint density at radius 1 is 1.22 bits per heavy atom. The standard InChI is InChI=1S/C18H18ClN3O/c19-14-7-8-16(20)15(12-14)17-10-11-22(21-17)18(23)9-6-13-4-2-1-3-5-13/h1-5,7-8,12H,6,9-11,20H2. The van der Waals surface area contributed by atoms with Crippen molar-refractivity contribution in [1.29, 1.82) is 0 Å². The van der Waals surface area contributed by atoms with E-state index in [-0.39, 0.29) is 5.91 Å². The van der Waals surface area contributed by atoms with Crippen LogP contribution < -0.4 is 5.73 Å². The molecular formula is C18H18ClN3O. The van der Waals surface area contributed by atoms with Gasteiger partial charge in [0.25, 0.3) is 0 Å². The van der Waals surface area contributed by atoms with Gasteiger partial charge < -0.3 is 5.73 Å². The normalized spacial score (nSPS) is 14.0. The monoisotopic (exact) mass is 327 g/mol. The van der Waals surface area contributed by atoms with Crippen LogP contribution in [0.3, 0.4) is 0 Å². The van der Waals surface area contributed by atoms with Gasteiger partial charge in [-0.2, -0.15) is 5.10 Å². The van der Waals surface area contributed by atoms with Gasteiger partial charge in [0.1, 0.15) is 0 Å². The summed E-state index contributed by atoms with van der Waals surface area (Å²) >= 11 is 6.02. The molecule has 118 valence electrons. The van der Waals surface area contributed by atoms with Crippen molar-refractivity contribution in [3.63, 3.8) is 0 Å². The van der Waals surface area contributed by atoms with E-state index in [2.05, 4.69) is 5.10 Å². The Balaban J connectivity index is 1.67. The zero-order valence-corrected chi connectivity index (χ0v) is 13.5. The maximum absolute atomic E-state index is 12.3. The number of aryl methyl sites for hydroxylation is 1. The zero-order valence-electron chi connectivity index (χ0n) is 12.7. The van der Waals surface area contributed by atoms with Crippen molar-refractivity contribution in [2.24, 2.45) is 5.10 Å². The minimum absolute atomic E-state index is 0.0319. The predicted octanol–water partition coefficient (Wildman–Crippen LogP) is 3.49. The predicted molar refractivity (Wildman–Crippen MR) is 93.5 cm³/mol. The average molecular weight is 328 g/mol. The minimum atomic E-state index is 0.0319. The molecule has 0 aliphatic carbocycles. The molecule has 2 aromatic rings. The van der Waals surface area contributed by atoms with E-state index >= 15 is 0 Å². The van der Waals surface area contributed by atoms with Gasteiger partial charge in [0.15, 0.2) is 0 Å². The molecule has 0 saturated carbocycles. The Morgan fingerprint density at radius 3 is 2.78 bits per heavy atom. The maximum atomic E-state index is 12.3. The van der Waals surface area contributed by atoms with Crippen molar-refractivity contribution >= 4 is 28.9 Å². The molecule has 0 unspecified atom stereocenters. The molecule has 1 amide bonds. The number of nitrogen functional groups attached to an aromatic ring is 1. The Morgan fingerprint density at radius 2 is 2.00 bits per heavy atom. The van der Waals surface area contributed by atoms with Crippen molar-refractivity contribution in [2.45, 2.75) is 19.3 Å².